The van der Waals surface area contributed by atoms with Crippen molar-refractivity contribution in [2.75, 3.05) is 18.0 Å². The van der Waals surface area contributed by atoms with Gasteiger partial charge in [0.2, 0.25) is 11.8 Å². The number of nitrogens with zero attached hydrogens (tertiary/aromatic N) is 2. The smallest absolute Gasteiger partial charge is 0.259 e. The highest BCUT2D eigenvalue weighted by Crippen LogP contribution is 2.37. The Bertz CT molecular complexity index is 1200. The summed E-state index contributed by atoms with van der Waals surface area (Å²) in [4.78, 5) is 42.3. The molecule has 0 saturated carbocycles. The Labute approximate surface area is 187 Å². The largest absolute Gasteiger partial charge is 0.355 e. The Balaban J connectivity index is 1.63. The molecule has 1 unspecified atom stereocenters. The van der Waals surface area contributed by atoms with Gasteiger partial charge in [0.25, 0.3) is 5.91 Å². The van der Waals surface area contributed by atoms with E-state index in [9.17, 15) is 14.4 Å². The second kappa shape index (κ2) is 8.83. The third-order valence-electron chi connectivity index (χ3n) is 5.90. The van der Waals surface area contributed by atoms with Crippen molar-refractivity contribution in [2.45, 2.75) is 33.4 Å². The Morgan fingerprint density at radius 1 is 1.06 bits per heavy atom. The van der Waals surface area contributed by atoms with Gasteiger partial charge in [0, 0.05) is 24.0 Å². The van der Waals surface area contributed by atoms with Gasteiger partial charge in [0.15, 0.2) is 0 Å². The number of carbonyl (C=O) groups is 3. The topological polar surface area (TPSA) is 69.7 Å². The second-order valence-electron chi connectivity index (χ2n) is 8.15. The predicted molar refractivity (Wildman–Crippen MR) is 125 cm³/mol. The quantitative estimate of drug-likeness (QED) is 0.623. The first-order chi connectivity index (χ1) is 15.4. The summed E-state index contributed by atoms with van der Waals surface area (Å²) in [6, 6.07) is 18.5. The van der Waals surface area contributed by atoms with Crippen LogP contribution in [-0.4, -0.2) is 41.8 Å². The van der Waals surface area contributed by atoms with Crippen molar-refractivity contribution in [2.24, 2.45) is 0 Å². The molecule has 0 bridgehead atoms. The highest BCUT2D eigenvalue weighted by molar-refractivity contribution is 6.26. The first-order valence-electron chi connectivity index (χ1n) is 10.9. The summed E-state index contributed by atoms with van der Waals surface area (Å²) in [6.45, 7) is 6.21. The first kappa shape index (κ1) is 21.6. The normalized spacial score (nSPS) is 13.3. The van der Waals surface area contributed by atoms with Gasteiger partial charge in [0.1, 0.15) is 12.6 Å². The minimum Gasteiger partial charge on any atom is -0.355 e. The lowest BCUT2D eigenvalue weighted by Gasteiger charge is -2.30. The molecule has 1 aliphatic rings. The van der Waals surface area contributed by atoms with Crippen LogP contribution in [0.25, 0.3) is 10.8 Å². The lowest BCUT2D eigenvalue weighted by Crippen LogP contribution is -2.50. The molecule has 1 N–H and O–H groups in total. The zero-order valence-electron chi connectivity index (χ0n) is 18.6. The third kappa shape index (κ3) is 3.96. The van der Waals surface area contributed by atoms with Gasteiger partial charge >= 0.3 is 0 Å². The van der Waals surface area contributed by atoms with Gasteiger partial charge in [-0.1, -0.05) is 54.1 Å². The van der Waals surface area contributed by atoms with Crippen LogP contribution in [0.1, 0.15) is 35.3 Å². The maximum Gasteiger partial charge on any atom is 0.259 e. The minimum atomic E-state index is -0.668. The molecule has 164 valence electrons. The van der Waals surface area contributed by atoms with Gasteiger partial charge in [-0.25, -0.2) is 0 Å². The van der Waals surface area contributed by atoms with E-state index >= 15 is 0 Å². The van der Waals surface area contributed by atoms with Crippen molar-refractivity contribution in [3.8, 4) is 0 Å². The van der Waals surface area contributed by atoms with Crippen LogP contribution >= 0.6 is 0 Å². The molecule has 0 spiro atoms. The Hall–Kier alpha value is -3.67. The Morgan fingerprint density at radius 2 is 1.78 bits per heavy atom. The number of anilines is 1. The van der Waals surface area contributed by atoms with E-state index in [2.05, 4.69) is 5.32 Å². The van der Waals surface area contributed by atoms with Gasteiger partial charge in [0.05, 0.1) is 5.69 Å². The lowest BCUT2D eigenvalue weighted by molar-refractivity contribution is -0.139. The number of rotatable bonds is 7. The van der Waals surface area contributed by atoms with Gasteiger partial charge in [-0.05, 0) is 43.9 Å². The highest BCUT2D eigenvalue weighted by Gasteiger charge is 2.34. The fourth-order valence-corrected chi connectivity index (χ4v) is 4.27. The number of benzene rings is 3. The van der Waals surface area contributed by atoms with E-state index in [1.54, 1.807) is 17.9 Å². The van der Waals surface area contributed by atoms with Crippen molar-refractivity contribution < 1.29 is 14.4 Å². The number of hydrogen-bond donors (Lipinski definition) is 1. The standard InChI is InChI=1S/C26H27N3O3/c1-4-27-25(31)18(3)28(15-19-9-5-8-17(2)14-19)23(30)16-29-22-13-7-11-20-10-6-12-21(24(20)22)26(29)32/h5-14,18H,4,15-16H2,1-3H3,(H,27,31). The fourth-order valence-electron chi connectivity index (χ4n) is 4.27. The van der Waals surface area contributed by atoms with Gasteiger partial charge in [-0.3, -0.25) is 19.3 Å². The van der Waals surface area contributed by atoms with Crippen LogP contribution in [0.3, 0.4) is 0 Å². The van der Waals surface area contributed by atoms with E-state index in [1.807, 2.05) is 68.4 Å². The molecule has 3 aromatic carbocycles. The molecule has 4 rings (SSSR count). The van der Waals surface area contributed by atoms with Crippen molar-refractivity contribution >= 4 is 34.2 Å². The molecule has 3 amide bonds. The van der Waals surface area contributed by atoms with Crippen LogP contribution in [0.15, 0.2) is 60.7 Å². The Morgan fingerprint density at radius 3 is 2.50 bits per heavy atom. The lowest BCUT2D eigenvalue weighted by atomic mass is 10.1. The summed E-state index contributed by atoms with van der Waals surface area (Å²) >= 11 is 0. The molecule has 6 heteroatoms. The van der Waals surface area contributed by atoms with Crippen molar-refractivity contribution in [1.29, 1.82) is 0 Å². The monoisotopic (exact) mass is 429 g/mol. The average molecular weight is 430 g/mol. The highest BCUT2D eigenvalue weighted by atomic mass is 16.2. The molecule has 0 radical (unpaired) electrons. The van der Waals surface area contributed by atoms with Gasteiger partial charge < -0.3 is 10.2 Å². The number of aryl methyl sites for hydroxylation is 1. The summed E-state index contributed by atoms with van der Waals surface area (Å²) in [5.74, 6) is -0.679. The van der Waals surface area contributed by atoms with Crippen molar-refractivity contribution in [3.05, 3.63) is 77.4 Å². The number of carbonyl (C=O) groups excluding carboxylic acids is 3. The number of nitrogens with one attached hydrogen (secondary N) is 1. The van der Waals surface area contributed by atoms with Crippen LogP contribution in [0, 0.1) is 6.92 Å². The second-order valence-corrected chi connectivity index (χ2v) is 8.15. The summed E-state index contributed by atoms with van der Waals surface area (Å²) in [5, 5.41) is 4.64. The Kier molecular flexibility index (Phi) is 5.95. The molecule has 0 aromatic heterocycles. The van der Waals surface area contributed by atoms with Crippen LogP contribution < -0.4 is 10.2 Å². The molecular formula is C26H27N3O3. The fraction of sp³-hybridized carbons (Fsp3) is 0.269. The molecule has 0 aliphatic carbocycles. The van der Waals surface area contributed by atoms with Crippen LogP contribution in [0.5, 0.6) is 0 Å². The van der Waals surface area contributed by atoms with Crippen LogP contribution in [-0.2, 0) is 16.1 Å². The number of hydrogen-bond acceptors (Lipinski definition) is 3. The summed E-state index contributed by atoms with van der Waals surface area (Å²) in [7, 11) is 0. The van der Waals surface area contributed by atoms with Crippen molar-refractivity contribution in [1.82, 2.24) is 10.2 Å². The molecule has 1 heterocycles. The predicted octanol–water partition coefficient (Wildman–Crippen LogP) is 3.66. The van der Waals surface area contributed by atoms with Crippen LogP contribution in [0.4, 0.5) is 5.69 Å². The molecule has 32 heavy (non-hydrogen) atoms. The molecule has 0 fully saturated rings. The van der Waals surface area contributed by atoms with Crippen molar-refractivity contribution in [3.63, 3.8) is 0 Å². The van der Waals surface area contributed by atoms with Crippen LogP contribution in [0.2, 0.25) is 0 Å². The molecule has 1 atom stereocenters. The minimum absolute atomic E-state index is 0.123. The van der Waals surface area contributed by atoms with E-state index in [-0.39, 0.29) is 30.8 Å². The maximum atomic E-state index is 13.5. The van der Waals surface area contributed by atoms with E-state index < -0.39 is 6.04 Å². The third-order valence-corrected chi connectivity index (χ3v) is 5.90. The average Bonchev–Trinajstić information content (AvgIpc) is 3.05. The zero-order chi connectivity index (χ0) is 22.8. The summed E-state index contributed by atoms with van der Waals surface area (Å²) in [5.41, 5.74) is 3.36. The van der Waals surface area contributed by atoms with Gasteiger partial charge in [-0.15, -0.1) is 0 Å². The number of amides is 3. The first-order valence-corrected chi connectivity index (χ1v) is 10.9. The SMILES string of the molecule is CCNC(=O)C(C)N(Cc1cccc(C)c1)C(=O)CN1C(=O)c2cccc3cccc1c23. The van der Waals surface area contributed by atoms with E-state index in [4.69, 9.17) is 0 Å². The molecule has 1 aliphatic heterocycles. The van der Waals surface area contributed by atoms with E-state index in [1.165, 1.54) is 4.90 Å². The van der Waals surface area contributed by atoms with Gasteiger partial charge in [-0.2, -0.15) is 0 Å². The number of likely N-dealkylation sites (N-methyl/N-ethyl adjacent to an activating group) is 1. The molecule has 0 saturated heterocycles. The summed E-state index contributed by atoms with van der Waals surface area (Å²) < 4.78 is 0. The van der Waals surface area contributed by atoms with E-state index in [0.717, 1.165) is 27.6 Å². The summed E-state index contributed by atoms with van der Waals surface area (Å²) in [6.07, 6.45) is 0. The molecular weight excluding hydrogens is 402 g/mol. The zero-order valence-corrected chi connectivity index (χ0v) is 18.6. The maximum absolute atomic E-state index is 13.5. The molecule has 3 aromatic rings. The molecule has 6 nitrogen and oxygen atoms in total. The van der Waals surface area contributed by atoms with E-state index in [0.29, 0.717) is 12.1 Å².